The van der Waals surface area contributed by atoms with Gasteiger partial charge in [-0.15, -0.1) is 22.9 Å². The molecule has 110 valence electrons. The molecule has 20 heavy (non-hydrogen) atoms. The van der Waals surface area contributed by atoms with Crippen LogP contribution in [0.5, 0.6) is 0 Å². The number of ether oxygens (including phenoxy) is 1. The molecule has 0 aliphatic rings. The van der Waals surface area contributed by atoms with Crippen LogP contribution in [0.3, 0.4) is 0 Å². The zero-order chi connectivity index (χ0) is 14.8. The van der Waals surface area contributed by atoms with Gasteiger partial charge in [0.05, 0.1) is 16.3 Å². The summed E-state index contributed by atoms with van der Waals surface area (Å²) < 4.78 is 7.04. The van der Waals surface area contributed by atoms with Crippen molar-refractivity contribution in [1.82, 2.24) is 4.98 Å². The van der Waals surface area contributed by atoms with E-state index in [1.54, 1.807) is 11.3 Å². The lowest BCUT2D eigenvalue weighted by atomic mass is 9.88. The molecular formula is C15H19Cl2NOS. The molecule has 1 unspecified atom stereocenters. The number of alkyl halides is 1. The summed E-state index contributed by atoms with van der Waals surface area (Å²) in [6, 6.07) is 5.83. The largest absolute Gasteiger partial charge is 0.377 e. The van der Waals surface area contributed by atoms with Crippen molar-refractivity contribution in [3.63, 3.8) is 0 Å². The predicted molar refractivity (Wildman–Crippen MR) is 88.4 cm³/mol. The van der Waals surface area contributed by atoms with E-state index >= 15 is 0 Å². The van der Waals surface area contributed by atoms with Crippen LogP contribution in [0.25, 0.3) is 10.2 Å². The summed E-state index contributed by atoms with van der Waals surface area (Å²) in [5.41, 5.74) is 0.821. The van der Waals surface area contributed by atoms with E-state index in [1.165, 1.54) is 0 Å². The summed E-state index contributed by atoms with van der Waals surface area (Å²) >= 11 is 13.4. The molecule has 0 spiro atoms. The first-order valence-corrected chi connectivity index (χ1v) is 8.42. The summed E-state index contributed by atoms with van der Waals surface area (Å²) in [5, 5.41) is 1.80. The molecule has 0 saturated carbocycles. The van der Waals surface area contributed by atoms with Crippen molar-refractivity contribution in [2.45, 2.75) is 38.7 Å². The molecule has 2 aromatic rings. The molecule has 0 N–H and O–H groups in total. The standard InChI is InChI=1S/C15H19Cl2NOS/c1-10(19-8-4-7-16)15(2,3)14-18-12-9-11(17)5-6-13(12)20-14/h5-6,9-10H,4,7-8H2,1-3H3. The lowest BCUT2D eigenvalue weighted by Gasteiger charge is -2.29. The fourth-order valence-electron chi connectivity index (χ4n) is 1.87. The Labute approximate surface area is 134 Å². The third kappa shape index (κ3) is 3.45. The van der Waals surface area contributed by atoms with Crippen LogP contribution < -0.4 is 0 Å². The Morgan fingerprint density at radius 2 is 2.15 bits per heavy atom. The van der Waals surface area contributed by atoms with Crippen molar-refractivity contribution in [3.8, 4) is 0 Å². The van der Waals surface area contributed by atoms with Crippen LogP contribution in [-0.2, 0) is 10.2 Å². The molecule has 0 saturated heterocycles. The minimum Gasteiger partial charge on any atom is -0.377 e. The van der Waals surface area contributed by atoms with Crippen molar-refractivity contribution in [3.05, 3.63) is 28.2 Å². The van der Waals surface area contributed by atoms with Gasteiger partial charge in [-0.05, 0) is 31.5 Å². The molecule has 0 fully saturated rings. The minimum atomic E-state index is -0.136. The Balaban J connectivity index is 2.21. The number of fused-ring (bicyclic) bond motifs is 1. The molecule has 1 atom stereocenters. The predicted octanol–water partition coefficient (Wildman–Crippen LogP) is 5.26. The topological polar surface area (TPSA) is 22.1 Å². The Morgan fingerprint density at radius 3 is 2.85 bits per heavy atom. The van der Waals surface area contributed by atoms with Crippen molar-refractivity contribution in [2.24, 2.45) is 0 Å². The molecule has 1 aromatic heterocycles. The first-order valence-electron chi connectivity index (χ1n) is 6.69. The zero-order valence-corrected chi connectivity index (χ0v) is 14.3. The monoisotopic (exact) mass is 331 g/mol. The molecule has 1 aromatic carbocycles. The van der Waals surface area contributed by atoms with Gasteiger partial charge in [-0.3, -0.25) is 0 Å². The fourth-order valence-corrected chi connectivity index (χ4v) is 3.28. The number of hydrogen-bond donors (Lipinski definition) is 0. The highest BCUT2D eigenvalue weighted by Gasteiger charge is 2.32. The van der Waals surface area contributed by atoms with Gasteiger partial charge in [-0.2, -0.15) is 0 Å². The Hall–Kier alpha value is -0.350. The smallest absolute Gasteiger partial charge is 0.102 e. The van der Waals surface area contributed by atoms with Crippen LogP contribution in [-0.4, -0.2) is 23.6 Å². The second kappa shape index (κ2) is 6.61. The maximum atomic E-state index is 6.02. The fraction of sp³-hybridized carbons (Fsp3) is 0.533. The second-order valence-electron chi connectivity index (χ2n) is 5.41. The van der Waals surface area contributed by atoms with Crippen LogP contribution in [0.2, 0.25) is 5.02 Å². The number of thiazole rings is 1. The van der Waals surface area contributed by atoms with E-state index < -0.39 is 0 Å². The van der Waals surface area contributed by atoms with Gasteiger partial charge in [0.2, 0.25) is 0 Å². The van der Waals surface area contributed by atoms with Crippen molar-refractivity contribution >= 4 is 44.8 Å². The van der Waals surface area contributed by atoms with E-state index in [-0.39, 0.29) is 11.5 Å². The first-order chi connectivity index (χ1) is 9.45. The Kier molecular flexibility index (Phi) is 5.30. The van der Waals surface area contributed by atoms with E-state index in [0.717, 1.165) is 26.7 Å². The van der Waals surface area contributed by atoms with E-state index in [1.807, 2.05) is 18.2 Å². The minimum absolute atomic E-state index is 0.0850. The average Bonchev–Trinajstić information content (AvgIpc) is 2.82. The van der Waals surface area contributed by atoms with Crippen LogP contribution in [0.1, 0.15) is 32.2 Å². The number of halogens is 2. The van der Waals surface area contributed by atoms with Gasteiger partial charge in [-0.25, -0.2) is 4.98 Å². The molecule has 2 nitrogen and oxygen atoms in total. The number of rotatable bonds is 6. The molecule has 2 rings (SSSR count). The van der Waals surface area contributed by atoms with Gasteiger partial charge < -0.3 is 4.74 Å². The normalized spacial score (nSPS) is 13.8. The summed E-state index contributed by atoms with van der Waals surface area (Å²) in [7, 11) is 0. The Bertz CT molecular complexity index is 582. The van der Waals surface area contributed by atoms with Crippen LogP contribution in [0, 0.1) is 0 Å². The number of benzene rings is 1. The quantitative estimate of drug-likeness (QED) is 0.532. The van der Waals surface area contributed by atoms with Crippen LogP contribution in [0.4, 0.5) is 0 Å². The summed E-state index contributed by atoms with van der Waals surface area (Å²) in [5.74, 6) is 0.632. The molecule has 0 aliphatic heterocycles. The average molecular weight is 332 g/mol. The van der Waals surface area contributed by atoms with Gasteiger partial charge in [-0.1, -0.05) is 25.4 Å². The second-order valence-corrected chi connectivity index (χ2v) is 7.25. The van der Waals surface area contributed by atoms with Crippen molar-refractivity contribution in [2.75, 3.05) is 12.5 Å². The molecule has 0 aliphatic carbocycles. The summed E-state index contributed by atoms with van der Waals surface area (Å²) in [6.07, 6.45) is 0.957. The number of aromatic nitrogens is 1. The molecular weight excluding hydrogens is 313 g/mol. The van der Waals surface area contributed by atoms with Gasteiger partial charge in [0.15, 0.2) is 0 Å². The van der Waals surface area contributed by atoms with Gasteiger partial charge in [0.1, 0.15) is 5.01 Å². The third-order valence-corrected chi connectivity index (χ3v) is 5.44. The SMILES string of the molecule is CC(OCCCCl)C(C)(C)c1nc2cc(Cl)ccc2s1. The highest BCUT2D eigenvalue weighted by Crippen LogP contribution is 2.35. The van der Waals surface area contributed by atoms with E-state index in [4.69, 9.17) is 32.9 Å². The maximum absolute atomic E-state index is 6.02. The number of nitrogens with zero attached hydrogens (tertiary/aromatic N) is 1. The van der Waals surface area contributed by atoms with Crippen molar-refractivity contribution in [1.29, 1.82) is 0 Å². The molecule has 0 amide bonds. The zero-order valence-electron chi connectivity index (χ0n) is 12.0. The summed E-state index contributed by atoms with van der Waals surface area (Å²) in [4.78, 5) is 4.72. The van der Waals surface area contributed by atoms with Gasteiger partial charge >= 0.3 is 0 Å². The van der Waals surface area contributed by atoms with E-state index in [0.29, 0.717) is 12.5 Å². The lowest BCUT2D eigenvalue weighted by molar-refractivity contribution is 0.0203. The molecule has 5 heteroatoms. The third-order valence-electron chi connectivity index (χ3n) is 3.56. The van der Waals surface area contributed by atoms with Crippen molar-refractivity contribution < 1.29 is 4.74 Å². The number of hydrogen-bond acceptors (Lipinski definition) is 3. The van der Waals surface area contributed by atoms with Crippen LogP contribution >= 0.6 is 34.5 Å². The highest BCUT2D eigenvalue weighted by atomic mass is 35.5. The molecule has 1 heterocycles. The molecule has 0 bridgehead atoms. The van der Waals surface area contributed by atoms with E-state index in [2.05, 4.69) is 20.8 Å². The Morgan fingerprint density at radius 1 is 1.40 bits per heavy atom. The summed E-state index contributed by atoms with van der Waals surface area (Å²) in [6.45, 7) is 7.10. The lowest BCUT2D eigenvalue weighted by Crippen LogP contribution is -2.33. The first kappa shape index (κ1) is 16.0. The highest BCUT2D eigenvalue weighted by molar-refractivity contribution is 7.18. The van der Waals surface area contributed by atoms with Crippen LogP contribution in [0.15, 0.2) is 18.2 Å². The van der Waals surface area contributed by atoms with Gasteiger partial charge in [0.25, 0.3) is 0 Å². The molecule has 0 radical (unpaired) electrons. The maximum Gasteiger partial charge on any atom is 0.102 e. The van der Waals surface area contributed by atoms with E-state index in [9.17, 15) is 0 Å². The van der Waals surface area contributed by atoms with Gasteiger partial charge in [0, 0.05) is 22.9 Å².